The predicted molar refractivity (Wildman–Crippen MR) is 102 cm³/mol. The molecule has 0 atom stereocenters. The first-order valence-electron chi connectivity index (χ1n) is 7.78. The van der Waals surface area contributed by atoms with E-state index in [0.29, 0.717) is 24.6 Å². The van der Waals surface area contributed by atoms with E-state index in [1.54, 1.807) is 53.5 Å². The van der Waals surface area contributed by atoms with Gasteiger partial charge in [0.05, 0.1) is 17.1 Å². The van der Waals surface area contributed by atoms with Crippen LogP contribution in [-0.4, -0.2) is 29.8 Å². The minimum Gasteiger partial charge on any atom is -0.492 e. The number of hydrogen-bond acceptors (Lipinski definition) is 5. The number of benzene rings is 2. The van der Waals surface area contributed by atoms with Gasteiger partial charge in [0.1, 0.15) is 25.0 Å². The molecule has 0 aliphatic heterocycles. The maximum Gasteiger partial charge on any atom is 0.261 e. The van der Waals surface area contributed by atoms with E-state index >= 15 is 0 Å². The maximum atomic E-state index is 12.6. The van der Waals surface area contributed by atoms with Crippen molar-refractivity contribution < 1.29 is 13.2 Å². The minimum absolute atomic E-state index is 0.204. The van der Waals surface area contributed by atoms with E-state index in [0.717, 1.165) is 10.0 Å². The van der Waals surface area contributed by atoms with Crippen LogP contribution in [0, 0.1) is 6.92 Å². The van der Waals surface area contributed by atoms with Gasteiger partial charge in [0.2, 0.25) is 0 Å². The Hall–Kier alpha value is -2.39. The summed E-state index contributed by atoms with van der Waals surface area (Å²) < 4.78 is 35.9. The van der Waals surface area contributed by atoms with E-state index in [1.165, 1.54) is 6.33 Å². The van der Waals surface area contributed by atoms with E-state index < -0.39 is 10.0 Å². The first-order valence-corrected chi connectivity index (χ1v) is 10.1. The number of hydrogen-bond donors (Lipinski definition) is 1. The van der Waals surface area contributed by atoms with Gasteiger partial charge in [-0.05, 0) is 42.8 Å². The lowest BCUT2D eigenvalue weighted by Gasteiger charge is -2.11. The zero-order valence-electron chi connectivity index (χ0n) is 14.0. The first kappa shape index (κ1) is 18.4. The summed E-state index contributed by atoms with van der Waals surface area (Å²) in [5, 5.41) is 3.99. The lowest BCUT2D eigenvalue weighted by Crippen LogP contribution is -2.13. The number of nitrogens with one attached hydrogen (secondary N) is 1. The molecule has 0 saturated carbocycles. The van der Waals surface area contributed by atoms with Gasteiger partial charge in [-0.15, -0.1) is 0 Å². The van der Waals surface area contributed by atoms with Crippen LogP contribution in [-0.2, 0) is 16.6 Å². The Bertz CT molecular complexity index is 991. The van der Waals surface area contributed by atoms with Crippen LogP contribution >= 0.6 is 15.9 Å². The second-order valence-corrected chi connectivity index (χ2v) is 8.09. The Balaban J connectivity index is 1.68. The third kappa shape index (κ3) is 4.61. The molecule has 3 rings (SSSR count). The monoisotopic (exact) mass is 436 g/mol. The van der Waals surface area contributed by atoms with Crippen molar-refractivity contribution in [1.82, 2.24) is 14.8 Å². The molecule has 0 unspecified atom stereocenters. The van der Waals surface area contributed by atoms with Crippen LogP contribution in [0.5, 0.6) is 5.75 Å². The minimum atomic E-state index is -3.67. The number of aromatic nitrogens is 3. The summed E-state index contributed by atoms with van der Waals surface area (Å²) in [4.78, 5) is 4.06. The van der Waals surface area contributed by atoms with Crippen molar-refractivity contribution in [1.29, 1.82) is 0 Å². The van der Waals surface area contributed by atoms with Crippen LogP contribution < -0.4 is 9.46 Å². The summed E-state index contributed by atoms with van der Waals surface area (Å²) in [6.45, 7) is 2.78. The number of ether oxygens (including phenoxy) is 1. The van der Waals surface area contributed by atoms with Crippen LogP contribution in [0.3, 0.4) is 0 Å². The number of halogens is 1. The molecule has 0 spiro atoms. The lowest BCUT2D eigenvalue weighted by molar-refractivity contribution is 0.291. The second kappa shape index (κ2) is 7.88. The zero-order valence-corrected chi connectivity index (χ0v) is 16.4. The highest BCUT2D eigenvalue weighted by Crippen LogP contribution is 2.24. The van der Waals surface area contributed by atoms with Crippen LogP contribution in [0.2, 0.25) is 0 Å². The topological polar surface area (TPSA) is 86.1 Å². The second-order valence-electron chi connectivity index (χ2n) is 5.55. The highest BCUT2D eigenvalue weighted by Gasteiger charge is 2.15. The van der Waals surface area contributed by atoms with E-state index in [9.17, 15) is 8.42 Å². The third-order valence-electron chi connectivity index (χ3n) is 3.58. The average molecular weight is 437 g/mol. The van der Waals surface area contributed by atoms with Crippen molar-refractivity contribution in [3.63, 3.8) is 0 Å². The molecule has 2 aromatic carbocycles. The molecule has 0 fully saturated rings. The summed E-state index contributed by atoms with van der Waals surface area (Å²) >= 11 is 3.37. The van der Waals surface area contributed by atoms with E-state index in [2.05, 4.69) is 30.7 Å². The van der Waals surface area contributed by atoms with Crippen molar-refractivity contribution in [3.8, 4) is 5.75 Å². The Morgan fingerprint density at radius 3 is 2.81 bits per heavy atom. The molecular weight excluding hydrogens is 420 g/mol. The fraction of sp³-hybridized carbons (Fsp3) is 0.176. The van der Waals surface area contributed by atoms with Crippen LogP contribution in [0.15, 0.2) is 64.5 Å². The van der Waals surface area contributed by atoms with E-state index in [1.807, 2.05) is 6.92 Å². The van der Waals surface area contributed by atoms with E-state index in [-0.39, 0.29) is 4.90 Å². The number of nitrogens with zero attached hydrogens (tertiary/aromatic N) is 3. The fourth-order valence-electron chi connectivity index (χ4n) is 2.25. The lowest BCUT2D eigenvalue weighted by atomic mass is 10.2. The Kier molecular flexibility index (Phi) is 5.58. The Morgan fingerprint density at radius 2 is 2.08 bits per heavy atom. The Labute approximate surface area is 160 Å². The van der Waals surface area contributed by atoms with Gasteiger partial charge in [0.25, 0.3) is 10.0 Å². The van der Waals surface area contributed by atoms with Crippen molar-refractivity contribution in [2.45, 2.75) is 18.4 Å². The van der Waals surface area contributed by atoms with Gasteiger partial charge in [-0.3, -0.25) is 4.72 Å². The highest BCUT2D eigenvalue weighted by molar-refractivity contribution is 9.10. The normalized spacial score (nSPS) is 11.3. The number of aryl methyl sites for hydroxylation is 1. The maximum absolute atomic E-state index is 12.6. The van der Waals surface area contributed by atoms with Crippen LogP contribution in [0.4, 0.5) is 5.69 Å². The molecule has 7 nitrogen and oxygen atoms in total. The fourth-order valence-corrected chi connectivity index (χ4v) is 3.63. The van der Waals surface area contributed by atoms with Gasteiger partial charge in [0, 0.05) is 10.5 Å². The average Bonchev–Trinajstić information content (AvgIpc) is 3.10. The SMILES string of the molecule is Cc1cc(S(=O)(=O)Nc2cccc(OCCn3cncn3)c2)ccc1Br. The quantitative estimate of drug-likeness (QED) is 0.614. The largest absolute Gasteiger partial charge is 0.492 e. The van der Waals surface area contributed by atoms with Gasteiger partial charge < -0.3 is 4.74 Å². The summed E-state index contributed by atoms with van der Waals surface area (Å²) in [5.41, 5.74) is 1.28. The first-order chi connectivity index (χ1) is 12.4. The molecule has 26 heavy (non-hydrogen) atoms. The molecule has 0 bridgehead atoms. The summed E-state index contributed by atoms with van der Waals surface area (Å²) in [5.74, 6) is 0.567. The standard InChI is InChI=1S/C17H17BrN4O3S/c1-13-9-16(5-6-17(13)18)26(23,24)21-14-3-2-4-15(10-14)25-8-7-22-12-19-11-20-22/h2-6,9-12,21H,7-8H2,1H3. The van der Waals surface area contributed by atoms with Crippen molar-refractivity contribution >= 4 is 31.6 Å². The van der Waals surface area contributed by atoms with Crippen LogP contribution in [0.1, 0.15) is 5.56 Å². The summed E-state index contributed by atoms with van der Waals surface area (Å²) in [6, 6.07) is 11.7. The van der Waals surface area contributed by atoms with E-state index in [4.69, 9.17) is 4.74 Å². The van der Waals surface area contributed by atoms with Crippen molar-refractivity contribution in [3.05, 3.63) is 65.2 Å². The highest BCUT2D eigenvalue weighted by atomic mass is 79.9. The van der Waals surface area contributed by atoms with Gasteiger partial charge in [-0.2, -0.15) is 5.10 Å². The summed E-state index contributed by atoms with van der Waals surface area (Å²) in [6.07, 6.45) is 3.06. The van der Waals surface area contributed by atoms with Gasteiger partial charge in [-0.1, -0.05) is 22.0 Å². The molecule has 3 aromatic rings. The van der Waals surface area contributed by atoms with Crippen molar-refractivity contribution in [2.75, 3.05) is 11.3 Å². The smallest absolute Gasteiger partial charge is 0.261 e. The molecule has 0 aliphatic carbocycles. The van der Waals surface area contributed by atoms with Gasteiger partial charge in [-0.25, -0.2) is 18.1 Å². The molecule has 0 amide bonds. The van der Waals surface area contributed by atoms with Gasteiger partial charge in [0.15, 0.2) is 0 Å². The molecule has 1 N–H and O–H groups in total. The number of sulfonamides is 1. The van der Waals surface area contributed by atoms with Crippen LogP contribution in [0.25, 0.3) is 0 Å². The molecule has 1 heterocycles. The molecule has 1 aromatic heterocycles. The molecule has 9 heteroatoms. The molecular formula is C17H17BrN4O3S. The molecule has 0 aliphatic rings. The Morgan fingerprint density at radius 1 is 1.23 bits per heavy atom. The third-order valence-corrected chi connectivity index (χ3v) is 5.85. The molecule has 0 saturated heterocycles. The number of rotatable bonds is 7. The predicted octanol–water partition coefficient (Wildman–Crippen LogP) is 3.23. The number of anilines is 1. The zero-order chi connectivity index (χ0) is 18.6. The van der Waals surface area contributed by atoms with Gasteiger partial charge >= 0.3 is 0 Å². The molecule has 136 valence electrons. The van der Waals surface area contributed by atoms with Crippen molar-refractivity contribution in [2.24, 2.45) is 0 Å². The summed E-state index contributed by atoms with van der Waals surface area (Å²) in [7, 11) is -3.67. The molecule has 0 radical (unpaired) electrons.